The lowest BCUT2D eigenvalue weighted by atomic mass is 9.94. The minimum Gasteiger partial charge on any atom is -0.496 e. The highest BCUT2D eigenvalue weighted by atomic mass is 16.5. The van der Waals surface area contributed by atoms with Crippen LogP contribution in [0.25, 0.3) is 0 Å². The van der Waals surface area contributed by atoms with Crippen LogP contribution in [0.4, 0.5) is 5.69 Å². The molecule has 1 amide bonds. The Labute approximate surface area is 211 Å². The SMILES string of the molecule is COc1cc(NC(=O)CCC(C)=CCc2c(OC)c(C)c3c(c2OC)C(=O)OC3)cc(OC)c1OC. The van der Waals surface area contributed by atoms with Crippen molar-refractivity contribution in [3.05, 3.63) is 46.0 Å². The highest BCUT2D eigenvalue weighted by Gasteiger charge is 2.32. The number of anilines is 1. The highest BCUT2D eigenvalue weighted by molar-refractivity contribution is 5.98. The molecular weight excluding hydrogens is 466 g/mol. The molecule has 9 heteroatoms. The van der Waals surface area contributed by atoms with Crippen LogP contribution in [-0.2, 0) is 22.6 Å². The van der Waals surface area contributed by atoms with E-state index in [2.05, 4.69) is 5.32 Å². The number of esters is 1. The average Bonchev–Trinajstić information content (AvgIpc) is 3.27. The molecule has 2 aromatic carbocycles. The molecule has 0 bridgehead atoms. The van der Waals surface area contributed by atoms with Gasteiger partial charge in [0.1, 0.15) is 23.7 Å². The Morgan fingerprint density at radius 2 is 1.56 bits per heavy atom. The van der Waals surface area contributed by atoms with Crippen molar-refractivity contribution in [3.63, 3.8) is 0 Å². The van der Waals surface area contributed by atoms with Gasteiger partial charge in [0.25, 0.3) is 0 Å². The fraction of sp³-hybridized carbons (Fsp3) is 0.407. The maximum Gasteiger partial charge on any atom is 0.342 e. The van der Waals surface area contributed by atoms with Gasteiger partial charge >= 0.3 is 5.97 Å². The fourth-order valence-corrected chi connectivity index (χ4v) is 4.30. The first-order valence-corrected chi connectivity index (χ1v) is 11.5. The second-order valence-electron chi connectivity index (χ2n) is 8.32. The highest BCUT2D eigenvalue weighted by Crippen LogP contribution is 2.43. The Balaban J connectivity index is 1.72. The summed E-state index contributed by atoms with van der Waals surface area (Å²) in [6.45, 7) is 4.08. The molecule has 194 valence electrons. The summed E-state index contributed by atoms with van der Waals surface area (Å²) in [5.74, 6) is 1.98. The molecule has 0 spiro atoms. The van der Waals surface area contributed by atoms with Gasteiger partial charge in [0, 0.05) is 35.4 Å². The summed E-state index contributed by atoms with van der Waals surface area (Å²) in [6, 6.07) is 3.36. The molecule has 0 aliphatic carbocycles. The molecule has 1 N–H and O–H groups in total. The van der Waals surface area contributed by atoms with E-state index in [1.54, 1.807) is 19.2 Å². The van der Waals surface area contributed by atoms with Gasteiger partial charge in [0.15, 0.2) is 11.5 Å². The lowest BCUT2D eigenvalue weighted by Gasteiger charge is -2.18. The molecule has 1 heterocycles. The van der Waals surface area contributed by atoms with E-state index >= 15 is 0 Å². The molecule has 1 aliphatic heterocycles. The van der Waals surface area contributed by atoms with Crippen molar-refractivity contribution in [2.45, 2.75) is 39.7 Å². The van der Waals surface area contributed by atoms with Crippen molar-refractivity contribution >= 4 is 17.6 Å². The van der Waals surface area contributed by atoms with Crippen LogP contribution in [-0.4, -0.2) is 47.4 Å². The number of allylic oxidation sites excluding steroid dienone is 2. The number of ether oxygens (including phenoxy) is 6. The third-order valence-electron chi connectivity index (χ3n) is 6.18. The Bertz CT molecular complexity index is 1160. The number of carbonyl (C=O) groups excluding carboxylic acids is 2. The summed E-state index contributed by atoms with van der Waals surface area (Å²) in [6.07, 6.45) is 3.32. The standard InChI is InChI=1S/C27H33NO8/c1-15(9-11-22(29)28-17-12-20(31-3)26(35-7)21(13-17)32-4)8-10-18-24(33-5)16(2)19-14-36-27(30)23(19)25(18)34-6/h8,12-13H,9-11,14H2,1-7H3,(H,28,29). The van der Waals surface area contributed by atoms with Gasteiger partial charge in [-0.1, -0.05) is 11.6 Å². The van der Waals surface area contributed by atoms with E-state index in [0.717, 1.165) is 22.3 Å². The van der Waals surface area contributed by atoms with E-state index in [1.165, 1.54) is 28.4 Å². The number of rotatable bonds is 11. The molecule has 0 aromatic heterocycles. The summed E-state index contributed by atoms with van der Waals surface area (Å²) < 4.78 is 32.5. The second-order valence-corrected chi connectivity index (χ2v) is 8.32. The van der Waals surface area contributed by atoms with Crippen LogP contribution in [0.2, 0.25) is 0 Å². The molecule has 3 rings (SSSR count). The Morgan fingerprint density at radius 1 is 0.944 bits per heavy atom. The number of carbonyl (C=O) groups is 2. The van der Waals surface area contributed by atoms with Crippen LogP contribution in [0.3, 0.4) is 0 Å². The lowest BCUT2D eigenvalue weighted by molar-refractivity contribution is -0.116. The number of hydrogen-bond donors (Lipinski definition) is 1. The largest absolute Gasteiger partial charge is 0.496 e. The summed E-state index contributed by atoms with van der Waals surface area (Å²) in [7, 11) is 7.69. The number of benzene rings is 2. The van der Waals surface area contributed by atoms with Crippen LogP contribution in [0.15, 0.2) is 23.8 Å². The quantitative estimate of drug-likeness (QED) is 0.353. The average molecular weight is 500 g/mol. The molecule has 9 nitrogen and oxygen atoms in total. The summed E-state index contributed by atoms with van der Waals surface area (Å²) in [5.41, 5.74) is 4.45. The monoisotopic (exact) mass is 499 g/mol. The summed E-state index contributed by atoms with van der Waals surface area (Å²) >= 11 is 0. The first-order valence-electron chi connectivity index (χ1n) is 11.5. The number of nitrogens with one attached hydrogen (secondary N) is 1. The van der Waals surface area contributed by atoms with Crippen LogP contribution in [0.5, 0.6) is 28.7 Å². The van der Waals surface area contributed by atoms with Crippen molar-refractivity contribution < 1.29 is 38.0 Å². The fourth-order valence-electron chi connectivity index (χ4n) is 4.30. The van der Waals surface area contributed by atoms with Gasteiger partial charge in [-0.3, -0.25) is 4.79 Å². The van der Waals surface area contributed by atoms with Crippen molar-refractivity contribution in [3.8, 4) is 28.7 Å². The molecule has 0 saturated carbocycles. The number of amides is 1. The molecule has 0 saturated heterocycles. The van der Waals surface area contributed by atoms with Crippen LogP contribution < -0.4 is 29.0 Å². The Kier molecular flexibility index (Phi) is 8.68. The Morgan fingerprint density at radius 3 is 2.11 bits per heavy atom. The molecule has 36 heavy (non-hydrogen) atoms. The molecule has 0 atom stereocenters. The zero-order valence-electron chi connectivity index (χ0n) is 21.8. The molecule has 0 fully saturated rings. The van der Waals surface area contributed by atoms with Crippen LogP contribution >= 0.6 is 0 Å². The zero-order chi connectivity index (χ0) is 26.4. The number of methoxy groups -OCH3 is 5. The van der Waals surface area contributed by atoms with Gasteiger partial charge < -0.3 is 33.7 Å². The van der Waals surface area contributed by atoms with Gasteiger partial charge in [0.2, 0.25) is 11.7 Å². The van der Waals surface area contributed by atoms with Crippen molar-refractivity contribution in [2.24, 2.45) is 0 Å². The maximum absolute atomic E-state index is 12.6. The van der Waals surface area contributed by atoms with Gasteiger partial charge in [-0.2, -0.15) is 0 Å². The first-order chi connectivity index (χ1) is 17.3. The number of hydrogen-bond acceptors (Lipinski definition) is 8. The minimum absolute atomic E-state index is 0.150. The van der Waals surface area contributed by atoms with E-state index in [9.17, 15) is 9.59 Å². The molecule has 2 aromatic rings. The van der Waals surface area contributed by atoms with E-state index < -0.39 is 5.97 Å². The normalized spacial score (nSPS) is 12.5. The van der Waals surface area contributed by atoms with Crippen LogP contribution in [0.1, 0.15) is 46.8 Å². The van der Waals surface area contributed by atoms with Crippen molar-refractivity contribution in [1.82, 2.24) is 0 Å². The van der Waals surface area contributed by atoms with Gasteiger partial charge in [-0.15, -0.1) is 0 Å². The first kappa shape index (κ1) is 26.7. The molecule has 1 aliphatic rings. The number of fused-ring (bicyclic) bond motifs is 1. The zero-order valence-corrected chi connectivity index (χ0v) is 21.8. The van der Waals surface area contributed by atoms with Gasteiger partial charge in [0.05, 0.1) is 35.5 Å². The minimum atomic E-state index is -0.391. The van der Waals surface area contributed by atoms with E-state index in [1.807, 2.05) is 19.9 Å². The van der Waals surface area contributed by atoms with Crippen molar-refractivity contribution in [1.29, 1.82) is 0 Å². The van der Waals surface area contributed by atoms with Gasteiger partial charge in [-0.25, -0.2) is 4.79 Å². The van der Waals surface area contributed by atoms with Crippen molar-refractivity contribution in [2.75, 3.05) is 40.9 Å². The van der Waals surface area contributed by atoms with Gasteiger partial charge in [-0.05, 0) is 32.3 Å². The third-order valence-corrected chi connectivity index (χ3v) is 6.18. The predicted molar refractivity (Wildman–Crippen MR) is 135 cm³/mol. The van der Waals surface area contributed by atoms with Crippen LogP contribution in [0, 0.1) is 6.92 Å². The van der Waals surface area contributed by atoms with E-state index in [0.29, 0.717) is 52.8 Å². The predicted octanol–water partition coefficient (Wildman–Crippen LogP) is 4.62. The summed E-state index contributed by atoms with van der Waals surface area (Å²) in [4.78, 5) is 24.9. The maximum atomic E-state index is 12.6. The lowest BCUT2D eigenvalue weighted by Crippen LogP contribution is -2.12. The van der Waals surface area contributed by atoms with E-state index in [-0.39, 0.29) is 18.9 Å². The molecule has 0 unspecified atom stereocenters. The summed E-state index contributed by atoms with van der Waals surface area (Å²) in [5, 5.41) is 2.88. The smallest absolute Gasteiger partial charge is 0.342 e. The number of cyclic esters (lactones) is 1. The second kappa shape index (κ2) is 11.7. The molecule has 0 radical (unpaired) electrons. The topological polar surface area (TPSA) is 102 Å². The third kappa shape index (κ3) is 5.35. The molecular formula is C27H33NO8. The Hall–Kier alpha value is -3.88. The van der Waals surface area contributed by atoms with E-state index in [4.69, 9.17) is 28.4 Å².